The van der Waals surface area contributed by atoms with Crippen molar-refractivity contribution < 1.29 is 4.43 Å². The van der Waals surface area contributed by atoms with Crippen molar-refractivity contribution in [3.8, 4) is 0 Å². The third-order valence-electron chi connectivity index (χ3n) is 5.10. The molecule has 0 aromatic rings. The lowest BCUT2D eigenvalue weighted by Crippen LogP contribution is -2.40. The minimum Gasteiger partial charge on any atom is -0.416 e. The minimum atomic E-state index is -1.59. The van der Waals surface area contributed by atoms with Gasteiger partial charge in [-0.1, -0.05) is 77.7 Å². The summed E-state index contributed by atoms with van der Waals surface area (Å²) in [5.41, 5.74) is 3.26. The van der Waals surface area contributed by atoms with Crippen molar-refractivity contribution >= 4 is 8.32 Å². The first-order chi connectivity index (χ1) is 12.3. The van der Waals surface area contributed by atoms with Crippen LogP contribution in [0, 0.1) is 0 Å². The van der Waals surface area contributed by atoms with E-state index < -0.39 is 8.32 Å². The standard InChI is InChI=1S/C24H44OSi/c1-7-8-9-10-11-12-13-14-15-16-17-18-19-20-21-22-23-25-26(5,6)24(2,3)4/h13-14,16-17,19,21H,7-12,15,18,22-23H2,1-6H3/b14-13-,17-16-. The zero-order valence-electron chi connectivity index (χ0n) is 18.4. The summed E-state index contributed by atoms with van der Waals surface area (Å²) in [6.45, 7) is 14.5. The third kappa shape index (κ3) is 14.4. The van der Waals surface area contributed by atoms with E-state index in [1.165, 1.54) is 38.5 Å². The van der Waals surface area contributed by atoms with Gasteiger partial charge in [0.05, 0.1) is 0 Å². The molecule has 0 saturated heterocycles. The molecule has 0 radical (unpaired) electrons. The quantitative estimate of drug-likeness (QED) is 0.128. The lowest BCUT2D eigenvalue weighted by Gasteiger charge is -2.36. The Balaban J connectivity index is 3.67. The van der Waals surface area contributed by atoms with E-state index in [-0.39, 0.29) is 0 Å². The van der Waals surface area contributed by atoms with Crippen molar-refractivity contribution in [2.75, 3.05) is 6.61 Å². The predicted molar refractivity (Wildman–Crippen MR) is 121 cm³/mol. The normalized spacial score (nSPS) is 12.7. The van der Waals surface area contributed by atoms with Crippen molar-refractivity contribution in [1.29, 1.82) is 0 Å². The molecule has 0 heterocycles. The fourth-order valence-electron chi connectivity index (χ4n) is 2.24. The van der Waals surface area contributed by atoms with Crippen molar-refractivity contribution in [2.45, 2.75) is 104 Å². The van der Waals surface area contributed by atoms with Gasteiger partial charge in [0.15, 0.2) is 8.32 Å². The molecule has 0 fully saturated rings. The van der Waals surface area contributed by atoms with Crippen LogP contribution in [0.25, 0.3) is 0 Å². The summed E-state index contributed by atoms with van der Waals surface area (Å²) >= 11 is 0. The summed E-state index contributed by atoms with van der Waals surface area (Å²) < 4.78 is 6.15. The largest absolute Gasteiger partial charge is 0.416 e. The van der Waals surface area contributed by atoms with Gasteiger partial charge in [-0.25, -0.2) is 0 Å². The Morgan fingerprint density at radius 1 is 0.808 bits per heavy atom. The Bertz CT molecular complexity index is 445. The molecule has 0 aromatic heterocycles. The van der Waals surface area contributed by atoms with E-state index >= 15 is 0 Å². The van der Waals surface area contributed by atoms with Gasteiger partial charge in [-0.2, -0.15) is 0 Å². The van der Waals surface area contributed by atoms with Crippen LogP contribution in [0.3, 0.4) is 0 Å². The molecule has 0 aliphatic carbocycles. The van der Waals surface area contributed by atoms with Crippen LogP contribution in [-0.2, 0) is 4.43 Å². The Labute approximate surface area is 165 Å². The summed E-state index contributed by atoms with van der Waals surface area (Å²) in [6, 6.07) is 0. The molecular weight excluding hydrogens is 332 g/mol. The van der Waals surface area contributed by atoms with Crippen LogP contribution < -0.4 is 0 Å². The second kappa shape index (κ2) is 15.3. The summed E-state index contributed by atoms with van der Waals surface area (Å²) in [5, 5.41) is 0.293. The Morgan fingerprint density at radius 2 is 1.46 bits per heavy atom. The zero-order valence-corrected chi connectivity index (χ0v) is 19.4. The van der Waals surface area contributed by atoms with Gasteiger partial charge in [-0.05, 0) is 62.4 Å². The first-order valence-corrected chi connectivity index (χ1v) is 13.6. The molecule has 0 bridgehead atoms. The van der Waals surface area contributed by atoms with Crippen LogP contribution in [0.2, 0.25) is 18.1 Å². The summed E-state index contributed by atoms with van der Waals surface area (Å²) in [6.07, 6.45) is 24.3. The van der Waals surface area contributed by atoms with E-state index in [1.54, 1.807) is 0 Å². The Hall–Kier alpha value is -0.823. The van der Waals surface area contributed by atoms with E-state index in [9.17, 15) is 0 Å². The van der Waals surface area contributed by atoms with E-state index in [2.05, 4.69) is 83.0 Å². The van der Waals surface area contributed by atoms with E-state index in [1.807, 2.05) is 0 Å². The van der Waals surface area contributed by atoms with Gasteiger partial charge in [-0.15, -0.1) is 5.73 Å². The van der Waals surface area contributed by atoms with Crippen LogP contribution >= 0.6 is 0 Å². The van der Waals surface area contributed by atoms with Gasteiger partial charge in [0.1, 0.15) is 0 Å². The second-order valence-electron chi connectivity index (χ2n) is 8.59. The molecule has 0 aromatic carbocycles. The Kier molecular flexibility index (Phi) is 14.8. The smallest absolute Gasteiger partial charge is 0.191 e. The van der Waals surface area contributed by atoms with Gasteiger partial charge in [0.25, 0.3) is 0 Å². The number of hydrogen-bond donors (Lipinski definition) is 0. The van der Waals surface area contributed by atoms with E-state index in [4.69, 9.17) is 4.43 Å². The van der Waals surface area contributed by atoms with Crippen molar-refractivity contribution in [3.63, 3.8) is 0 Å². The fraction of sp³-hybridized carbons (Fsp3) is 0.708. The van der Waals surface area contributed by atoms with Crippen molar-refractivity contribution in [3.05, 3.63) is 42.2 Å². The first-order valence-electron chi connectivity index (χ1n) is 10.6. The predicted octanol–water partition coefficient (Wildman–Crippen LogP) is 8.36. The molecule has 0 saturated carbocycles. The molecule has 0 atom stereocenters. The second-order valence-corrected chi connectivity index (χ2v) is 13.4. The third-order valence-corrected chi connectivity index (χ3v) is 9.64. The summed E-state index contributed by atoms with van der Waals surface area (Å²) in [4.78, 5) is 0. The molecule has 0 N–H and O–H groups in total. The molecule has 0 rings (SSSR count). The molecule has 0 amide bonds. The van der Waals surface area contributed by atoms with Gasteiger partial charge >= 0.3 is 0 Å². The average molecular weight is 377 g/mol. The van der Waals surface area contributed by atoms with Crippen LogP contribution in [0.4, 0.5) is 0 Å². The maximum atomic E-state index is 6.15. The zero-order chi connectivity index (χ0) is 19.7. The molecule has 0 aliphatic rings. The molecule has 150 valence electrons. The highest BCUT2D eigenvalue weighted by atomic mass is 28.4. The monoisotopic (exact) mass is 376 g/mol. The van der Waals surface area contributed by atoms with Gasteiger partial charge < -0.3 is 4.43 Å². The van der Waals surface area contributed by atoms with Crippen LogP contribution in [-0.4, -0.2) is 14.9 Å². The number of rotatable bonds is 14. The lowest BCUT2D eigenvalue weighted by molar-refractivity contribution is 0.294. The highest BCUT2D eigenvalue weighted by molar-refractivity contribution is 6.74. The van der Waals surface area contributed by atoms with Gasteiger partial charge in [-0.3, -0.25) is 0 Å². The molecule has 0 unspecified atom stereocenters. The number of hydrogen-bond acceptors (Lipinski definition) is 1. The summed E-state index contributed by atoms with van der Waals surface area (Å²) in [5.74, 6) is 0. The Morgan fingerprint density at radius 3 is 2.15 bits per heavy atom. The van der Waals surface area contributed by atoms with Gasteiger partial charge in [0.2, 0.25) is 0 Å². The fourth-order valence-corrected chi connectivity index (χ4v) is 3.30. The first kappa shape index (κ1) is 25.2. The maximum Gasteiger partial charge on any atom is 0.191 e. The van der Waals surface area contributed by atoms with Crippen LogP contribution in [0.5, 0.6) is 0 Å². The van der Waals surface area contributed by atoms with Gasteiger partial charge in [0, 0.05) is 6.61 Å². The van der Waals surface area contributed by atoms with Crippen LogP contribution in [0.15, 0.2) is 42.2 Å². The van der Waals surface area contributed by atoms with Crippen LogP contribution in [0.1, 0.15) is 85.5 Å². The highest BCUT2D eigenvalue weighted by Crippen LogP contribution is 2.36. The minimum absolute atomic E-state index is 0.293. The summed E-state index contributed by atoms with van der Waals surface area (Å²) in [7, 11) is -1.59. The van der Waals surface area contributed by atoms with Crippen molar-refractivity contribution in [1.82, 2.24) is 0 Å². The molecule has 1 nitrogen and oxygen atoms in total. The molecular formula is C24H44OSi. The number of allylic oxidation sites excluding steroid dienone is 4. The molecule has 0 aliphatic heterocycles. The topological polar surface area (TPSA) is 9.23 Å². The lowest BCUT2D eigenvalue weighted by atomic mass is 10.1. The highest BCUT2D eigenvalue weighted by Gasteiger charge is 2.36. The SMILES string of the molecule is CCCCCCC/C=C\C/C=C\CC=C=CCCO[Si](C)(C)C(C)(C)C. The van der Waals surface area contributed by atoms with E-state index in [0.29, 0.717) is 5.04 Å². The van der Waals surface area contributed by atoms with Crippen molar-refractivity contribution in [2.24, 2.45) is 0 Å². The molecule has 0 spiro atoms. The van der Waals surface area contributed by atoms with E-state index in [0.717, 1.165) is 25.9 Å². The molecule has 2 heteroatoms. The maximum absolute atomic E-state index is 6.15. The molecule has 26 heavy (non-hydrogen) atoms. The number of unbranched alkanes of at least 4 members (excludes halogenated alkanes) is 5. The average Bonchev–Trinajstić information content (AvgIpc) is 2.56.